The molecule has 2 amide bonds. The number of halogens is 2. The van der Waals surface area contributed by atoms with E-state index < -0.39 is 5.91 Å². The standard InChI is InChI=1S/C18H13Cl2N5O2/c19-12-6-4-10(5-7-12)14-9-15(26)21-18-23-17(24-25(14)18)22-16(27)11-2-1-3-13(20)8-11/h1-8,14H,9H2,(H2,21,22,23,24,26,27). The van der Waals surface area contributed by atoms with E-state index in [2.05, 4.69) is 20.7 Å². The quantitative estimate of drug-likeness (QED) is 0.698. The number of amides is 2. The highest BCUT2D eigenvalue weighted by Crippen LogP contribution is 2.30. The van der Waals surface area contributed by atoms with Crippen LogP contribution in [0.15, 0.2) is 48.5 Å². The number of benzene rings is 2. The van der Waals surface area contributed by atoms with E-state index in [0.29, 0.717) is 15.6 Å². The summed E-state index contributed by atoms with van der Waals surface area (Å²) in [6.45, 7) is 0. The molecule has 0 radical (unpaired) electrons. The SMILES string of the molecule is O=C1CC(c2ccc(Cl)cc2)n2nc(NC(=O)c3cccc(Cl)c3)nc2N1. The van der Waals surface area contributed by atoms with Crippen molar-refractivity contribution in [3.05, 3.63) is 69.7 Å². The third kappa shape index (κ3) is 3.65. The van der Waals surface area contributed by atoms with Gasteiger partial charge < -0.3 is 0 Å². The van der Waals surface area contributed by atoms with E-state index in [1.54, 1.807) is 41.1 Å². The van der Waals surface area contributed by atoms with Gasteiger partial charge in [0.05, 0.1) is 12.5 Å². The van der Waals surface area contributed by atoms with Crippen molar-refractivity contribution < 1.29 is 9.59 Å². The number of carbonyl (C=O) groups excluding carboxylic acids is 2. The minimum absolute atomic E-state index is 0.0936. The number of nitrogens with one attached hydrogen (secondary N) is 2. The van der Waals surface area contributed by atoms with Gasteiger partial charge in [-0.1, -0.05) is 41.4 Å². The molecule has 1 unspecified atom stereocenters. The van der Waals surface area contributed by atoms with Crippen molar-refractivity contribution in [2.45, 2.75) is 12.5 Å². The van der Waals surface area contributed by atoms with Gasteiger partial charge in [0.1, 0.15) is 0 Å². The van der Waals surface area contributed by atoms with Crippen molar-refractivity contribution >= 4 is 46.9 Å². The molecule has 7 nitrogen and oxygen atoms in total. The van der Waals surface area contributed by atoms with Crippen LogP contribution in [0.3, 0.4) is 0 Å². The van der Waals surface area contributed by atoms with Crippen molar-refractivity contribution in [2.75, 3.05) is 10.6 Å². The Morgan fingerprint density at radius 1 is 1.15 bits per heavy atom. The highest BCUT2D eigenvalue weighted by molar-refractivity contribution is 6.31. The van der Waals surface area contributed by atoms with Crippen molar-refractivity contribution in [1.82, 2.24) is 14.8 Å². The first-order chi connectivity index (χ1) is 13.0. The highest BCUT2D eigenvalue weighted by Gasteiger charge is 2.29. The Balaban J connectivity index is 1.63. The van der Waals surface area contributed by atoms with Gasteiger partial charge in [-0.2, -0.15) is 4.98 Å². The number of rotatable bonds is 3. The van der Waals surface area contributed by atoms with Crippen LogP contribution in [0.1, 0.15) is 28.4 Å². The summed E-state index contributed by atoms with van der Waals surface area (Å²) in [6.07, 6.45) is 0.208. The Labute approximate surface area is 164 Å². The molecule has 4 rings (SSSR count). The molecule has 2 aromatic carbocycles. The molecule has 2 N–H and O–H groups in total. The lowest BCUT2D eigenvalue weighted by atomic mass is 10.0. The van der Waals surface area contributed by atoms with Crippen LogP contribution >= 0.6 is 23.2 Å². The second-order valence-corrected chi connectivity index (χ2v) is 6.86. The predicted octanol–water partition coefficient (Wildman–Crippen LogP) is 3.77. The maximum atomic E-state index is 12.4. The number of fused-ring (bicyclic) bond motifs is 1. The first kappa shape index (κ1) is 17.5. The molecule has 1 aliphatic heterocycles. The summed E-state index contributed by atoms with van der Waals surface area (Å²) in [5.74, 6) is -0.207. The van der Waals surface area contributed by atoms with Crippen molar-refractivity contribution in [2.24, 2.45) is 0 Å². The number of carbonyl (C=O) groups is 2. The van der Waals surface area contributed by atoms with Crippen LogP contribution in [-0.2, 0) is 4.79 Å². The second-order valence-electron chi connectivity index (χ2n) is 5.99. The summed E-state index contributed by atoms with van der Waals surface area (Å²) < 4.78 is 1.58. The molecular formula is C18H13Cl2N5O2. The van der Waals surface area contributed by atoms with E-state index in [-0.39, 0.29) is 30.3 Å². The summed E-state index contributed by atoms with van der Waals surface area (Å²) >= 11 is 11.9. The molecule has 0 spiro atoms. The number of aromatic nitrogens is 3. The summed E-state index contributed by atoms with van der Waals surface area (Å²) in [7, 11) is 0. The molecule has 27 heavy (non-hydrogen) atoms. The largest absolute Gasteiger partial charge is 0.295 e. The van der Waals surface area contributed by atoms with Gasteiger partial charge >= 0.3 is 0 Å². The fourth-order valence-electron chi connectivity index (χ4n) is 2.86. The monoisotopic (exact) mass is 401 g/mol. The Hall–Kier alpha value is -2.90. The molecule has 0 aliphatic carbocycles. The number of nitrogens with zero attached hydrogens (tertiary/aromatic N) is 3. The average molecular weight is 402 g/mol. The Bertz CT molecular complexity index is 1030. The van der Waals surface area contributed by atoms with Gasteiger partial charge in [0.2, 0.25) is 11.9 Å². The lowest BCUT2D eigenvalue weighted by Crippen LogP contribution is -2.29. The topological polar surface area (TPSA) is 88.9 Å². The van der Waals surface area contributed by atoms with E-state index in [1.807, 2.05) is 12.1 Å². The van der Waals surface area contributed by atoms with Crippen molar-refractivity contribution in [1.29, 1.82) is 0 Å². The van der Waals surface area contributed by atoms with Gasteiger partial charge in [0.15, 0.2) is 0 Å². The molecule has 1 atom stereocenters. The molecule has 0 saturated carbocycles. The first-order valence-electron chi connectivity index (χ1n) is 8.08. The second kappa shape index (κ2) is 7.02. The Morgan fingerprint density at radius 2 is 1.93 bits per heavy atom. The lowest BCUT2D eigenvalue weighted by molar-refractivity contribution is -0.117. The zero-order valence-corrected chi connectivity index (χ0v) is 15.3. The molecule has 0 fully saturated rings. The Morgan fingerprint density at radius 3 is 2.67 bits per heavy atom. The summed E-state index contributed by atoms with van der Waals surface area (Å²) in [5.41, 5.74) is 1.25. The van der Waals surface area contributed by atoms with Gasteiger partial charge in [-0.25, -0.2) is 4.68 Å². The van der Waals surface area contributed by atoms with Crippen LogP contribution in [0, 0.1) is 0 Å². The maximum Gasteiger partial charge on any atom is 0.258 e. The fraction of sp³-hybridized carbons (Fsp3) is 0.111. The van der Waals surface area contributed by atoms with Crippen LogP contribution in [0.25, 0.3) is 0 Å². The van der Waals surface area contributed by atoms with Crippen LogP contribution in [-0.4, -0.2) is 26.6 Å². The summed E-state index contributed by atoms with van der Waals surface area (Å²) in [4.78, 5) is 28.6. The van der Waals surface area contributed by atoms with E-state index in [9.17, 15) is 9.59 Å². The van der Waals surface area contributed by atoms with E-state index in [0.717, 1.165) is 5.56 Å². The van der Waals surface area contributed by atoms with Crippen LogP contribution in [0.4, 0.5) is 11.9 Å². The molecule has 1 aromatic heterocycles. The van der Waals surface area contributed by atoms with Crippen LogP contribution in [0.2, 0.25) is 10.0 Å². The van der Waals surface area contributed by atoms with E-state index in [1.165, 1.54) is 0 Å². The lowest BCUT2D eigenvalue weighted by Gasteiger charge is -2.23. The first-order valence-corrected chi connectivity index (χ1v) is 8.84. The van der Waals surface area contributed by atoms with Crippen molar-refractivity contribution in [3.63, 3.8) is 0 Å². The number of anilines is 2. The molecule has 2 heterocycles. The van der Waals surface area contributed by atoms with Gasteiger partial charge in [0, 0.05) is 15.6 Å². The average Bonchev–Trinajstić information content (AvgIpc) is 3.03. The minimum atomic E-state index is -0.394. The minimum Gasteiger partial charge on any atom is -0.295 e. The predicted molar refractivity (Wildman–Crippen MR) is 102 cm³/mol. The summed E-state index contributed by atoms with van der Waals surface area (Å²) in [6, 6.07) is 13.4. The zero-order chi connectivity index (χ0) is 19.0. The van der Waals surface area contributed by atoms with Gasteiger partial charge in [-0.15, -0.1) is 5.10 Å². The van der Waals surface area contributed by atoms with E-state index in [4.69, 9.17) is 23.2 Å². The maximum absolute atomic E-state index is 12.4. The van der Waals surface area contributed by atoms with Crippen molar-refractivity contribution in [3.8, 4) is 0 Å². The molecule has 3 aromatic rings. The van der Waals surface area contributed by atoms with Gasteiger partial charge in [-0.05, 0) is 35.9 Å². The molecule has 0 bridgehead atoms. The molecule has 0 saturated heterocycles. The molecule has 1 aliphatic rings. The summed E-state index contributed by atoms with van der Waals surface area (Å²) in [5, 5.41) is 10.7. The number of hydrogen-bond donors (Lipinski definition) is 2. The third-order valence-corrected chi connectivity index (χ3v) is 4.61. The normalized spacial score (nSPS) is 15.8. The molecule has 9 heteroatoms. The smallest absolute Gasteiger partial charge is 0.258 e. The third-order valence-electron chi connectivity index (χ3n) is 4.12. The molecular weight excluding hydrogens is 389 g/mol. The van der Waals surface area contributed by atoms with Gasteiger partial charge in [-0.3, -0.25) is 20.2 Å². The highest BCUT2D eigenvalue weighted by atomic mass is 35.5. The Kier molecular flexibility index (Phi) is 4.55. The van der Waals surface area contributed by atoms with Gasteiger partial charge in [0.25, 0.3) is 11.9 Å². The van der Waals surface area contributed by atoms with E-state index >= 15 is 0 Å². The number of hydrogen-bond acceptors (Lipinski definition) is 4. The van der Waals surface area contributed by atoms with Crippen LogP contribution in [0.5, 0.6) is 0 Å². The molecule has 136 valence electrons. The fourth-order valence-corrected chi connectivity index (χ4v) is 3.18. The zero-order valence-electron chi connectivity index (χ0n) is 13.8. The van der Waals surface area contributed by atoms with Crippen LogP contribution < -0.4 is 10.6 Å².